The standard InChI is InChI=1S/C21H33N5.HI/c1-4-22-21(25-13-17-9-11-26(5-2)15-17)23-10-8-18-14-24-20-12-16(3)6-7-19(18)20;/h6-7,12,14,17,24H,4-5,8-11,13,15H2,1-3H3,(H2,22,23,25);1H. The zero-order valence-electron chi connectivity index (χ0n) is 16.8. The van der Waals surface area contributed by atoms with Crippen molar-refractivity contribution >= 4 is 40.8 Å². The van der Waals surface area contributed by atoms with Gasteiger partial charge in [-0.25, -0.2) is 0 Å². The zero-order valence-corrected chi connectivity index (χ0v) is 19.2. The summed E-state index contributed by atoms with van der Waals surface area (Å²) < 4.78 is 0. The number of benzene rings is 1. The summed E-state index contributed by atoms with van der Waals surface area (Å²) in [7, 11) is 0. The van der Waals surface area contributed by atoms with Crippen molar-refractivity contribution in [3.05, 3.63) is 35.5 Å². The van der Waals surface area contributed by atoms with Crippen molar-refractivity contribution in [2.45, 2.75) is 33.6 Å². The van der Waals surface area contributed by atoms with E-state index in [1.54, 1.807) is 0 Å². The Morgan fingerprint density at radius 1 is 1.30 bits per heavy atom. The third kappa shape index (κ3) is 6.10. The van der Waals surface area contributed by atoms with Gasteiger partial charge in [-0.1, -0.05) is 19.1 Å². The van der Waals surface area contributed by atoms with Gasteiger partial charge in [-0.2, -0.15) is 0 Å². The lowest BCUT2D eigenvalue weighted by atomic mass is 10.1. The highest BCUT2D eigenvalue weighted by atomic mass is 127. The first kappa shape index (κ1) is 22.0. The quantitative estimate of drug-likeness (QED) is 0.321. The van der Waals surface area contributed by atoms with E-state index in [0.29, 0.717) is 5.92 Å². The van der Waals surface area contributed by atoms with Crippen LogP contribution in [-0.4, -0.2) is 55.1 Å². The van der Waals surface area contributed by atoms with Crippen LogP contribution in [0.15, 0.2) is 29.4 Å². The van der Waals surface area contributed by atoms with Crippen LogP contribution < -0.4 is 10.6 Å². The van der Waals surface area contributed by atoms with Gasteiger partial charge in [0.15, 0.2) is 5.96 Å². The highest BCUT2D eigenvalue weighted by Gasteiger charge is 2.20. The van der Waals surface area contributed by atoms with E-state index in [1.165, 1.54) is 41.5 Å². The zero-order chi connectivity index (χ0) is 18.4. The number of aryl methyl sites for hydroxylation is 1. The average Bonchev–Trinajstić information content (AvgIpc) is 3.26. The predicted octanol–water partition coefficient (Wildman–Crippen LogP) is 3.53. The van der Waals surface area contributed by atoms with Crippen LogP contribution in [0.1, 0.15) is 31.4 Å². The van der Waals surface area contributed by atoms with Crippen molar-refractivity contribution in [2.75, 3.05) is 39.3 Å². The molecule has 0 radical (unpaired) electrons. The molecule has 27 heavy (non-hydrogen) atoms. The number of aromatic nitrogens is 1. The maximum absolute atomic E-state index is 4.82. The summed E-state index contributed by atoms with van der Waals surface area (Å²) in [6, 6.07) is 6.61. The number of aromatic amines is 1. The topological polar surface area (TPSA) is 55.5 Å². The molecule has 2 aromatic rings. The Bertz CT molecular complexity index is 739. The van der Waals surface area contributed by atoms with Gasteiger partial charge in [0.25, 0.3) is 0 Å². The second-order valence-electron chi connectivity index (χ2n) is 7.31. The van der Waals surface area contributed by atoms with Crippen LogP contribution in [0.3, 0.4) is 0 Å². The lowest BCUT2D eigenvalue weighted by molar-refractivity contribution is 0.343. The first-order valence-electron chi connectivity index (χ1n) is 10.0. The van der Waals surface area contributed by atoms with Crippen LogP contribution in [0.4, 0.5) is 0 Å². The van der Waals surface area contributed by atoms with Crippen LogP contribution in [0.5, 0.6) is 0 Å². The monoisotopic (exact) mass is 483 g/mol. The Labute approximate surface area is 180 Å². The molecule has 3 rings (SSSR count). The molecule has 5 nitrogen and oxygen atoms in total. The molecule has 6 heteroatoms. The molecule has 1 atom stereocenters. The molecule has 1 aliphatic heterocycles. The van der Waals surface area contributed by atoms with Gasteiger partial charge >= 0.3 is 0 Å². The molecule has 3 N–H and O–H groups in total. The van der Waals surface area contributed by atoms with E-state index in [9.17, 15) is 0 Å². The van der Waals surface area contributed by atoms with E-state index >= 15 is 0 Å². The van der Waals surface area contributed by atoms with Gasteiger partial charge in [0.05, 0.1) is 0 Å². The number of halogens is 1. The van der Waals surface area contributed by atoms with E-state index in [4.69, 9.17) is 4.99 Å². The number of hydrogen-bond donors (Lipinski definition) is 3. The minimum Gasteiger partial charge on any atom is -0.361 e. The Balaban J connectivity index is 0.00000261. The molecule has 1 aromatic heterocycles. The van der Waals surface area contributed by atoms with Crippen molar-refractivity contribution in [3.63, 3.8) is 0 Å². The molecular weight excluding hydrogens is 449 g/mol. The normalized spacial score (nSPS) is 17.9. The molecule has 0 saturated carbocycles. The fraction of sp³-hybridized carbons (Fsp3) is 0.571. The van der Waals surface area contributed by atoms with E-state index in [1.807, 2.05) is 0 Å². The summed E-state index contributed by atoms with van der Waals surface area (Å²) in [5, 5.41) is 8.19. The fourth-order valence-corrected chi connectivity index (χ4v) is 3.73. The van der Waals surface area contributed by atoms with Gasteiger partial charge in [0.2, 0.25) is 0 Å². The molecule has 1 aliphatic rings. The number of guanidine groups is 1. The SMILES string of the molecule is CCNC(=NCC1CCN(CC)C1)NCCc1c[nH]c2cc(C)ccc12.I. The Kier molecular flexibility index (Phi) is 8.89. The first-order chi connectivity index (χ1) is 12.7. The van der Waals surface area contributed by atoms with Crippen molar-refractivity contribution in [1.29, 1.82) is 0 Å². The van der Waals surface area contributed by atoms with Crippen LogP contribution in [0, 0.1) is 12.8 Å². The van der Waals surface area contributed by atoms with Crippen molar-refractivity contribution in [1.82, 2.24) is 20.5 Å². The van der Waals surface area contributed by atoms with Gasteiger partial charge in [0.1, 0.15) is 0 Å². The molecule has 150 valence electrons. The van der Waals surface area contributed by atoms with Gasteiger partial charge in [-0.3, -0.25) is 4.99 Å². The summed E-state index contributed by atoms with van der Waals surface area (Å²) in [4.78, 5) is 10.7. The highest BCUT2D eigenvalue weighted by molar-refractivity contribution is 14.0. The number of fused-ring (bicyclic) bond motifs is 1. The summed E-state index contributed by atoms with van der Waals surface area (Å²) in [5.41, 5.74) is 3.87. The lowest BCUT2D eigenvalue weighted by Crippen LogP contribution is -2.38. The van der Waals surface area contributed by atoms with Crippen molar-refractivity contribution < 1.29 is 0 Å². The van der Waals surface area contributed by atoms with Crippen LogP contribution in [0.25, 0.3) is 10.9 Å². The smallest absolute Gasteiger partial charge is 0.191 e. The molecule has 1 unspecified atom stereocenters. The molecule has 0 amide bonds. The number of nitrogens with one attached hydrogen (secondary N) is 3. The average molecular weight is 483 g/mol. The maximum atomic E-state index is 4.82. The van der Waals surface area contributed by atoms with Crippen LogP contribution in [0.2, 0.25) is 0 Å². The number of rotatable bonds is 7. The highest BCUT2D eigenvalue weighted by Crippen LogP contribution is 2.19. The molecule has 1 saturated heterocycles. The predicted molar refractivity (Wildman–Crippen MR) is 126 cm³/mol. The minimum atomic E-state index is 0. The second-order valence-corrected chi connectivity index (χ2v) is 7.31. The molecule has 0 spiro atoms. The minimum absolute atomic E-state index is 0. The van der Waals surface area contributed by atoms with E-state index in [-0.39, 0.29) is 24.0 Å². The number of aliphatic imine (C=N–C) groups is 1. The third-order valence-corrected chi connectivity index (χ3v) is 5.28. The lowest BCUT2D eigenvalue weighted by Gasteiger charge is -2.14. The Morgan fingerprint density at radius 3 is 2.89 bits per heavy atom. The molecule has 1 aromatic carbocycles. The number of nitrogens with zero attached hydrogens (tertiary/aromatic N) is 2. The number of hydrogen-bond acceptors (Lipinski definition) is 2. The van der Waals surface area contributed by atoms with E-state index < -0.39 is 0 Å². The Morgan fingerprint density at radius 2 is 2.15 bits per heavy atom. The van der Waals surface area contributed by atoms with Crippen molar-refractivity contribution in [2.24, 2.45) is 10.9 Å². The number of likely N-dealkylation sites (tertiary alicyclic amines) is 1. The third-order valence-electron chi connectivity index (χ3n) is 5.28. The maximum Gasteiger partial charge on any atom is 0.191 e. The van der Waals surface area contributed by atoms with Gasteiger partial charge in [0, 0.05) is 43.3 Å². The van der Waals surface area contributed by atoms with Gasteiger partial charge in [-0.05, 0) is 62.9 Å². The fourth-order valence-electron chi connectivity index (χ4n) is 3.73. The molecule has 0 aliphatic carbocycles. The van der Waals surface area contributed by atoms with Crippen LogP contribution >= 0.6 is 24.0 Å². The summed E-state index contributed by atoms with van der Waals surface area (Å²) in [6.45, 7) is 12.7. The van der Waals surface area contributed by atoms with E-state index in [0.717, 1.165) is 38.6 Å². The van der Waals surface area contributed by atoms with Crippen LogP contribution in [-0.2, 0) is 6.42 Å². The van der Waals surface area contributed by atoms with Gasteiger partial charge < -0.3 is 20.5 Å². The van der Waals surface area contributed by atoms with Crippen molar-refractivity contribution in [3.8, 4) is 0 Å². The largest absolute Gasteiger partial charge is 0.361 e. The molecule has 2 heterocycles. The van der Waals surface area contributed by atoms with E-state index in [2.05, 4.69) is 65.7 Å². The number of H-pyrrole nitrogens is 1. The van der Waals surface area contributed by atoms with Gasteiger partial charge in [-0.15, -0.1) is 24.0 Å². The first-order valence-corrected chi connectivity index (χ1v) is 10.0. The Hall–Kier alpha value is -1.28. The summed E-state index contributed by atoms with van der Waals surface area (Å²) in [6.07, 6.45) is 4.39. The second kappa shape index (κ2) is 10.9. The molecular formula is C21H34IN5. The summed E-state index contributed by atoms with van der Waals surface area (Å²) >= 11 is 0. The summed E-state index contributed by atoms with van der Waals surface area (Å²) in [5.74, 6) is 1.64. The molecule has 0 bridgehead atoms. The molecule has 1 fully saturated rings.